The molecule has 0 aromatic carbocycles. The van der Waals surface area contributed by atoms with Gasteiger partial charge in [-0.25, -0.2) is 0 Å². The van der Waals surface area contributed by atoms with E-state index in [1.807, 2.05) is 0 Å². The summed E-state index contributed by atoms with van der Waals surface area (Å²) in [6, 6.07) is 0. The second-order valence-corrected chi connectivity index (χ2v) is 1.87. The van der Waals surface area contributed by atoms with Crippen LogP contribution < -0.4 is 11.1 Å². The Morgan fingerprint density at radius 1 is 1.27 bits per heavy atom. The first kappa shape index (κ1) is 14.1. The zero-order valence-electron chi connectivity index (χ0n) is 6.68. The molecule has 0 bridgehead atoms. The molecule has 5 heteroatoms. The van der Waals surface area contributed by atoms with Crippen LogP contribution in [0.25, 0.3) is 0 Å². The molecule has 4 N–H and O–H groups in total. The molecule has 0 aliphatic carbocycles. The van der Waals surface area contributed by atoms with Crippen molar-refractivity contribution in [2.24, 2.45) is 5.73 Å². The van der Waals surface area contributed by atoms with Gasteiger partial charge in [0.15, 0.2) is 0 Å². The van der Waals surface area contributed by atoms with Crippen LogP contribution in [0.4, 0.5) is 0 Å². The first-order valence-electron chi connectivity index (χ1n) is 3.51. The molecule has 0 aromatic rings. The Morgan fingerprint density at radius 2 is 2.00 bits per heavy atom. The maximum Gasteiger partial charge on any atom is 0.0698 e. The third kappa shape index (κ3) is 13.5. The zero-order chi connectivity index (χ0) is 7.66. The Bertz CT molecular complexity index is 58.5. The monoisotopic (exact) mass is 196 g/mol. The van der Waals surface area contributed by atoms with Gasteiger partial charge < -0.3 is 20.9 Å². The van der Waals surface area contributed by atoms with Gasteiger partial charge in [0.25, 0.3) is 0 Å². The summed E-state index contributed by atoms with van der Waals surface area (Å²) in [5, 5.41) is 11.4. The second-order valence-electron chi connectivity index (χ2n) is 1.87. The van der Waals surface area contributed by atoms with Crippen LogP contribution in [0, 0.1) is 0 Å². The minimum Gasteiger partial charge on any atom is -0.394 e. The molecule has 0 fully saturated rings. The van der Waals surface area contributed by atoms with Gasteiger partial charge in [0.2, 0.25) is 0 Å². The van der Waals surface area contributed by atoms with Crippen LogP contribution in [0.5, 0.6) is 0 Å². The van der Waals surface area contributed by atoms with Gasteiger partial charge in [-0.05, 0) is 0 Å². The first-order valence-corrected chi connectivity index (χ1v) is 3.51. The molecular formula is C6H16N2O2Ti. The van der Waals surface area contributed by atoms with Gasteiger partial charge in [-0.1, -0.05) is 0 Å². The fourth-order valence-electron chi connectivity index (χ4n) is 0.538. The molecular weight excluding hydrogens is 180 g/mol. The summed E-state index contributed by atoms with van der Waals surface area (Å²) in [5.74, 6) is 0. The van der Waals surface area contributed by atoms with Gasteiger partial charge in [0.1, 0.15) is 0 Å². The average molecular weight is 196 g/mol. The van der Waals surface area contributed by atoms with Gasteiger partial charge in [-0.3, -0.25) is 0 Å². The number of hydrogen-bond donors (Lipinski definition) is 3. The van der Waals surface area contributed by atoms with Crippen LogP contribution in [0.3, 0.4) is 0 Å². The molecule has 0 unspecified atom stereocenters. The molecule has 0 radical (unpaired) electrons. The zero-order valence-corrected chi connectivity index (χ0v) is 8.24. The fourth-order valence-corrected chi connectivity index (χ4v) is 0.538. The molecule has 0 aliphatic heterocycles. The number of ether oxygens (including phenoxy) is 1. The van der Waals surface area contributed by atoms with Crippen LogP contribution in [0.1, 0.15) is 0 Å². The van der Waals surface area contributed by atoms with Crippen molar-refractivity contribution in [3.8, 4) is 0 Å². The Morgan fingerprint density at radius 3 is 2.55 bits per heavy atom. The van der Waals surface area contributed by atoms with E-state index in [1.54, 1.807) is 0 Å². The Labute approximate surface area is 82.4 Å². The Kier molecular flexibility index (Phi) is 16.9. The molecule has 0 saturated heterocycles. The van der Waals surface area contributed by atoms with E-state index in [1.165, 1.54) is 0 Å². The van der Waals surface area contributed by atoms with Gasteiger partial charge in [0.05, 0.1) is 19.8 Å². The van der Waals surface area contributed by atoms with Gasteiger partial charge >= 0.3 is 0 Å². The van der Waals surface area contributed by atoms with Crippen molar-refractivity contribution >= 4 is 0 Å². The summed E-state index contributed by atoms with van der Waals surface area (Å²) >= 11 is 0. The van der Waals surface area contributed by atoms with Crippen LogP contribution in [-0.2, 0) is 26.5 Å². The van der Waals surface area contributed by atoms with Crippen molar-refractivity contribution in [2.45, 2.75) is 0 Å². The largest absolute Gasteiger partial charge is 0.394 e. The van der Waals surface area contributed by atoms with Crippen molar-refractivity contribution in [3.05, 3.63) is 0 Å². The minimum absolute atomic E-state index is 0. The summed E-state index contributed by atoms with van der Waals surface area (Å²) in [6.07, 6.45) is 0. The molecule has 0 aliphatic rings. The summed E-state index contributed by atoms with van der Waals surface area (Å²) in [7, 11) is 0. The maximum absolute atomic E-state index is 8.30. The number of nitrogens with two attached hydrogens (primary N) is 1. The summed E-state index contributed by atoms with van der Waals surface area (Å²) < 4.78 is 4.98. The Hall–Kier alpha value is 0.554. The number of aliphatic hydroxyl groups is 1. The second kappa shape index (κ2) is 13.2. The maximum atomic E-state index is 8.30. The van der Waals surface area contributed by atoms with Crippen LogP contribution in [0.15, 0.2) is 0 Å². The van der Waals surface area contributed by atoms with E-state index in [0.29, 0.717) is 19.8 Å². The van der Waals surface area contributed by atoms with E-state index in [0.717, 1.165) is 13.1 Å². The molecule has 0 heterocycles. The van der Waals surface area contributed by atoms with E-state index >= 15 is 0 Å². The van der Waals surface area contributed by atoms with Crippen LogP contribution in [-0.4, -0.2) is 44.6 Å². The molecule has 0 atom stereocenters. The third-order valence-corrected chi connectivity index (χ3v) is 0.980. The normalized spacial score (nSPS) is 9.27. The van der Waals surface area contributed by atoms with Crippen molar-refractivity contribution < 1.29 is 31.6 Å². The fraction of sp³-hybridized carbons (Fsp3) is 1.00. The molecule has 0 rings (SSSR count). The van der Waals surface area contributed by atoms with E-state index in [-0.39, 0.29) is 28.3 Å². The van der Waals surface area contributed by atoms with Crippen molar-refractivity contribution in [3.63, 3.8) is 0 Å². The molecule has 0 amide bonds. The number of hydrogen-bond acceptors (Lipinski definition) is 4. The van der Waals surface area contributed by atoms with E-state index in [9.17, 15) is 0 Å². The van der Waals surface area contributed by atoms with Crippen LogP contribution >= 0.6 is 0 Å². The summed E-state index contributed by atoms with van der Waals surface area (Å²) in [4.78, 5) is 0. The first-order chi connectivity index (χ1) is 4.91. The predicted octanol–water partition coefficient (Wildman–Crippen LogP) is -1.46. The third-order valence-electron chi connectivity index (χ3n) is 0.980. The number of aliphatic hydroxyl groups excluding tert-OH is 1. The van der Waals surface area contributed by atoms with Gasteiger partial charge in [-0.2, -0.15) is 0 Å². The summed E-state index contributed by atoms with van der Waals surface area (Å²) in [5.41, 5.74) is 5.23. The molecule has 66 valence electrons. The van der Waals surface area contributed by atoms with E-state index in [2.05, 4.69) is 5.32 Å². The van der Waals surface area contributed by atoms with E-state index < -0.39 is 0 Å². The molecule has 11 heavy (non-hydrogen) atoms. The Balaban J connectivity index is 0. The van der Waals surface area contributed by atoms with Crippen molar-refractivity contribution in [2.75, 3.05) is 39.5 Å². The number of rotatable bonds is 7. The average Bonchev–Trinajstić information content (AvgIpc) is 1.97. The summed E-state index contributed by atoms with van der Waals surface area (Å²) in [6.45, 7) is 3.43. The molecule has 0 saturated carbocycles. The molecule has 4 nitrogen and oxygen atoms in total. The van der Waals surface area contributed by atoms with Crippen LogP contribution in [0.2, 0.25) is 0 Å². The van der Waals surface area contributed by atoms with Gasteiger partial charge in [-0.15, -0.1) is 0 Å². The quantitative estimate of drug-likeness (QED) is 0.344. The molecule has 0 spiro atoms. The predicted molar refractivity (Wildman–Crippen MR) is 39.8 cm³/mol. The topological polar surface area (TPSA) is 67.5 Å². The van der Waals surface area contributed by atoms with Gasteiger partial charge in [0, 0.05) is 41.4 Å². The standard InChI is InChI=1S/C6H16N2O2.Ti/c7-1-2-8-3-5-10-6-4-9;/h8-9H,1-7H2;. The van der Waals surface area contributed by atoms with Crippen molar-refractivity contribution in [1.82, 2.24) is 5.32 Å². The smallest absolute Gasteiger partial charge is 0.0698 e. The SMILES string of the molecule is NCCNCCOCCO.[Ti]. The number of nitrogens with one attached hydrogen (secondary N) is 1. The molecule has 0 aromatic heterocycles. The minimum atomic E-state index is 0. The van der Waals surface area contributed by atoms with E-state index in [4.69, 9.17) is 15.6 Å². The van der Waals surface area contributed by atoms with Crippen molar-refractivity contribution in [1.29, 1.82) is 0 Å².